The summed E-state index contributed by atoms with van der Waals surface area (Å²) in [6.45, 7) is 8.11. The molecule has 4 heteroatoms. The Bertz CT molecular complexity index is 545. The minimum absolute atomic E-state index is 0.488. The Morgan fingerprint density at radius 3 is 3.00 bits per heavy atom. The van der Waals surface area contributed by atoms with Crippen LogP contribution in [0.4, 0.5) is 0 Å². The Morgan fingerprint density at radius 2 is 2.15 bits per heavy atom. The molecule has 0 aliphatic carbocycles. The van der Waals surface area contributed by atoms with Gasteiger partial charge in [-0.1, -0.05) is 12.1 Å². The minimum atomic E-state index is 0.488. The van der Waals surface area contributed by atoms with Gasteiger partial charge in [-0.3, -0.25) is 4.90 Å². The summed E-state index contributed by atoms with van der Waals surface area (Å²) in [6, 6.07) is 9.07. The number of ether oxygens (including phenoxy) is 1. The molecule has 0 spiro atoms. The standard InChI is InChI=1S/C16H23N3O/c1-13(12-19-7-9-20-10-8-19)18-11-14-3-2-4-16-15(14)5-6-17-16/h2-6,13,17-18H,7-12H2,1H3/t13-/m0/s1. The molecule has 2 N–H and O–H groups in total. The molecule has 20 heavy (non-hydrogen) atoms. The molecule has 1 aromatic carbocycles. The van der Waals surface area contributed by atoms with Crippen LogP contribution in [0, 0.1) is 0 Å². The number of nitrogens with zero attached hydrogens (tertiary/aromatic N) is 1. The number of hydrogen-bond acceptors (Lipinski definition) is 3. The van der Waals surface area contributed by atoms with Crippen molar-refractivity contribution in [3.8, 4) is 0 Å². The zero-order valence-electron chi connectivity index (χ0n) is 12.1. The highest BCUT2D eigenvalue weighted by molar-refractivity contribution is 5.82. The van der Waals surface area contributed by atoms with Crippen LogP contribution >= 0.6 is 0 Å². The van der Waals surface area contributed by atoms with Gasteiger partial charge in [-0.25, -0.2) is 0 Å². The van der Waals surface area contributed by atoms with Crippen molar-refractivity contribution >= 4 is 10.9 Å². The van der Waals surface area contributed by atoms with E-state index in [2.05, 4.69) is 46.4 Å². The second kappa shape index (κ2) is 6.39. The summed E-state index contributed by atoms with van der Waals surface area (Å²) in [4.78, 5) is 5.73. The fourth-order valence-corrected chi connectivity index (χ4v) is 2.82. The molecule has 0 saturated carbocycles. The lowest BCUT2D eigenvalue weighted by molar-refractivity contribution is 0.0343. The van der Waals surface area contributed by atoms with Crippen molar-refractivity contribution < 1.29 is 4.74 Å². The van der Waals surface area contributed by atoms with Gasteiger partial charge >= 0.3 is 0 Å². The van der Waals surface area contributed by atoms with Crippen LogP contribution in [-0.4, -0.2) is 48.8 Å². The number of aromatic amines is 1. The molecule has 1 aliphatic rings. The fraction of sp³-hybridized carbons (Fsp3) is 0.500. The maximum atomic E-state index is 5.38. The lowest BCUT2D eigenvalue weighted by Gasteiger charge is -2.29. The summed E-state index contributed by atoms with van der Waals surface area (Å²) in [5.74, 6) is 0. The molecule has 0 bridgehead atoms. The topological polar surface area (TPSA) is 40.3 Å². The molecule has 1 fully saturated rings. The minimum Gasteiger partial charge on any atom is -0.379 e. The van der Waals surface area contributed by atoms with Gasteiger partial charge in [-0.05, 0) is 24.6 Å². The molecule has 2 aromatic rings. The van der Waals surface area contributed by atoms with Crippen molar-refractivity contribution in [1.82, 2.24) is 15.2 Å². The van der Waals surface area contributed by atoms with Crippen LogP contribution in [0.3, 0.4) is 0 Å². The van der Waals surface area contributed by atoms with E-state index < -0.39 is 0 Å². The lowest BCUT2D eigenvalue weighted by Crippen LogP contribution is -2.44. The Morgan fingerprint density at radius 1 is 1.30 bits per heavy atom. The number of rotatable bonds is 5. The number of nitrogens with one attached hydrogen (secondary N) is 2. The van der Waals surface area contributed by atoms with E-state index in [1.807, 2.05) is 6.20 Å². The molecule has 1 atom stereocenters. The molecule has 1 aliphatic heterocycles. The third-order valence-corrected chi connectivity index (χ3v) is 3.96. The van der Waals surface area contributed by atoms with E-state index >= 15 is 0 Å². The van der Waals surface area contributed by atoms with Crippen molar-refractivity contribution in [2.45, 2.75) is 19.5 Å². The van der Waals surface area contributed by atoms with Gasteiger partial charge in [0.1, 0.15) is 0 Å². The number of benzene rings is 1. The predicted molar refractivity (Wildman–Crippen MR) is 81.9 cm³/mol. The Hall–Kier alpha value is -1.36. The van der Waals surface area contributed by atoms with Gasteiger partial charge in [0.2, 0.25) is 0 Å². The summed E-state index contributed by atoms with van der Waals surface area (Å²) in [6.07, 6.45) is 2.01. The number of hydrogen-bond donors (Lipinski definition) is 2. The number of fused-ring (bicyclic) bond motifs is 1. The first-order valence-corrected chi connectivity index (χ1v) is 7.41. The molecular formula is C16H23N3O. The smallest absolute Gasteiger partial charge is 0.0594 e. The number of morpholine rings is 1. The molecule has 0 amide bonds. The summed E-state index contributed by atoms with van der Waals surface area (Å²) in [7, 11) is 0. The average Bonchev–Trinajstić information content (AvgIpc) is 2.95. The quantitative estimate of drug-likeness (QED) is 0.875. The van der Waals surface area contributed by atoms with Crippen LogP contribution in [0.1, 0.15) is 12.5 Å². The summed E-state index contributed by atoms with van der Waals surface area (Å²) in [5.41, 5.74) is 2.57. The zero-order chi connectivity index (χ0) is 13.8. The first-order chi connectivity index (χ1) is 9.83. The first kappa shape index (κ1) is 13.6. The zero-order valence-corrected chi connectivity index (χ0v) is 12.1. The second-order valence-electron chi connectivity index (χ2n) is 5.55. The monoisotopic (exact) mass is 273 g/mol. The molecule has 108 valence electrons. The van der Waals surface area contributed by atoms with Crippen LogP contribution in [0.15, 0.2) is 30.5 Å². The SMILES string of the molecule is C[C@@H](CN1CCOCC1)NCc1cccc2[nH]ccc12. The van der Waals surface area contributed by atoms with Crippen LogP contribution in [-0.2, 0) is 11.3 Å². The Kier molecular flexibility index (Phi) is 4.35. The maximum absolute atomic E-state index is 5.38. The summed E-state index contributed by atoms with van der Waals surface area (Å²) < 4.78 is 5.38. The summed E-state index contributed by atoms with van der Waals surface area (Å²) in [5, 5.41) is 4.95. The van der Waals surface area contributed by atoms with E-state index in [4.69, 9.17) is 4.74 Å². The molecule has 3 rings (SSSR count). The molecule has 1 saturated heterocycles. The normalized spacial score (nSPS) is 18.4. The number of H-pyrrole nitrogens is 1. The molecule has 0 unspecified atom stereocenters. The molecular weight excluding hydrogens is 250 g/mol. The first-order valence-electron chi connectivity index (χ1n) is 7.41. The highest BCUT2D eigenvalue weighted by Crippen LogP contribution is 2.17. The third kappa shape index (κ3) is 3.20. The van der Waals surface area contributed by atoms with E-state index in [9.17, 15) is 0 Å². The van der Waals surface area contributed by atoms with Crippen LogP contribution in [0.5, 0.6) is 0 Å². The van der Waals surface area contributed by atoms with Gasteiger partial charge in [0, 0.05) is 49.3 Å². The van der Waals surface area contributed by atoms with E-state index in [1.165, 1.54) is 16.5 Å². The molecule has 0 radical (unpaired) electrons. The number of aromatic nitrogens is 1. The Labute approximate surface area is 120 Å². The van der Waals surface area contributed by atoms with Crippen LogP contribution < -0.4 is 5.32 Å². The molecule has 2 heterocycles. The second-order valence-corrected chi connectivity index (χ2v) is 5.55. The van der Waals surface area contributed by atoms with E-state index in [1.54, 1.807) is 0 Å². The van der Waals surface area contributed by atoms with Gasteiger partial charge in [0.25, 0.3) is 0 Å². The van der Waals surface area contributed by atoms with Crippen molar-refractivity contribution in [2.75, 3.05) is 32.8 Å². The van der Waals surface area contributed by atoms with Crippen LogP contribution in [0.2, 0.25) is 0 Å². The largest absolute Gasteiger partial charge is 0.379 e. The molecule has 4 nitrogen and oxygen atoms in total. The van der Waals surface area contributed by atoms with Crippen molar-refractivity contribution in [3.05, 3.63) is 36.0 Å². The molecule has 1 aromatic heterocycles. The predicted octanol–water partition coefficient (Wildman–Crippen LogP) is 1.98. The fourth-order valence-electron chi connectivity index (χ4n) is 2.82. The van der Waals surface area contributed by atoms with Crippen LogP contribution in [0.25, 0.3) is 10.9 Å². The van der Waals surface area contributed by atoms with Gasteiger partial charge in [0.05, 0.1) is 13.2 Å². The maximum Gasteiger partial charge on any atom is 0.0594 e. The van der Waals surface area contributed by atoms with Crippen molar-refractivity contribution in [2.24, 2.45) is 0 Å². The van der Waals surface area contributed by atoms with Crippen molar-refractivity contribution in [3.63, 3.8) is 0 Å². The van der Waals surface area contributed by atoms with Gasteiger partial charge in [-0.2, -0.15) is 0 Å². The van der Waals surface area contributed by atoms with Gasteiger partial charge in [-0.15, -0.1) is 0 Å². The van der Waals surface area contributed by atoms with E-state index in [0.29, 0.717) is 6.04 Å². The van der Waals surface area contributed by atoms with Gasteiger partial charge in [0.15, 0.2) is 0 Å². The average molecular weight is 273 g/mol. The lowest BCUT2D eigenvalue weighted by atomic mass is 10.1. The highest BCUT2D eigenvalue weighted by Gasteiger charge is 2.13. The highest BCUT2D eigenvalue weighted by atomic mass is 16.5. The van der Waals surface area contributed by atoms with E-state index in [-0.39, 0.29) is 0 Å². The van der Waals surface area contributed by atoms with Crippen molar-refractivity contribution in [1.29, 1.82) is 0 Å². The summed E-state index contributed by atoms with van der Waals surface area (Å²) >= 11 is 0. The third-order valence-electron chi connectivity index (χ3n) is 3.96. The Balaban J connectivity index is 1.54. The van der Waals surface area contributed by atoms with E-state index in [0.717, 1.165) is 39.4 Å². The van der Waals surface area contributed by atoms with Gasteiger partial charge < -0.3 is 15.0 Å².